The number of ether oxygens (including phenoxy) is 1. The van der Waals surface area contributed by atoms with E-state index in [0.717, 1.165) is 31.2 Å². The first-order valence-electron chi connectivity index (χ1n) is 8.86. The van der Waals surface area contributed by atoms with Crippen LogP contribution in [0.2, 0.25) is 0 Å². The van der Waals surface area contributed by atoms with E-state index in [1.807, 2.05) is 31.2 Å². The molecule has 0 spiro atoms. The summed E-state index contributed by atoms with van der Waals surface area (Å²) in [6.07, 6.45) is 5.15. The predicted octanol–water partition coefficient (Wildman–Crippen LogP) is 3.06. The normalized spacial score (nSPS) is 19.1. The summed E-state index contributed by atoms with van der Waals surface area (Å²) in [5, 5.41) is 7.81. The van der Waals surface area contributed by atoms with Crippen LogP contribution in [0.1, 0.15) is 45.8 Å². The highest BCUT2D eigenvalue weighted by Crippen LogP contribution is 2.25. The zero-order chi connectivity index (χ0) is 17.7. The highest BCUT2D eigenvalue weighted by molar-refractivity contribution is 14.0. The van der Waals surface area contributed by atoms with Gasteiger partial charge in [-0.3, -0.25) is 9.67 Å². The van der Waals surface area contributed by atoms with Gasteiger partial charge in [-0.2, -0.15) is 5.10 Å². The monoisotopic (exact) mass is 463 g/mol. The molecule has 2 heterocycles. The van der Waals surface area contributed by atoms with E-state index in [9.17, 15) is 0 Å². The van der Waals surface area contributed by atoms with Crippen molar-refractivity contribution in [2.75, 3.05) is 33.3 Å². The van der Waals surface area contributed by atoms with Gasteiger partial charge in [0.1, 0.15) is 6.10 Å². The van der Waals surface area contributed by atoms with Gasteiger partial charge in [-0.15, -0.1) is 24.0 Å². The summed E-state index contributed by atoms with van der Waals surface area (Å²) >= 11 is 0. The largest absolute Gasteiger partial charge is 0.370 e. The van der Waals surface area contributed by atoms with Crippen molar-refractivity contribution in [3.63, 3.8) is 0 Å². The molecule has 0 saturated carbocycles. The Labute approximate surface area is 169 Å². The lowest BCUT2D eigenvalue weighted by Gasteiger charge is -2.36. The molecule has 1 aliphatic heterocycles. The van der Waals surface area contributed by atoms with Gasteiger partial charge in [-0.1, -0.05) is 27.7 Å². The van der Waals surface area contributed by atoms with Gasteiger partial charge in [0.15, 0.2) is 5.96 Å². The molecule has 7 heteroatoms. The molecule has 144 valence electrons. The van der Waals surface area contributed by atoms with Crippen LogP contribution in [0, 0.1) is 11.3 Å². The van der Waals surface area contributed by atoms with Crippen molar-refractivity contribution in [2.45, 2.75) is 40.2 Å². The molecule has 1 N–H and O–H groups in total. The zero-order valence-electron chi connectivity index (χ0n) is 16.5. The number of aliphatic imine (C=N–C) groups is 1. The third kappa shape index (κ3) is 6.77. The van der Waals surface area contributed by atoms with Crippen LogP contribution in [-0.2, 0) is 11.8 Å². The number of aryl methyl sites for hydroxylation is 1. The lowest BCUT2D eigenvalue weighted by molar-refractivity contribution is -0.00818. The molecule has 1 unspecified atom stereocenters. The average molecular weight is 463 g/mol. The highest BCUT2D eigenvalue weighted by Gasteiger charge is 2.26. The second kappa shape index (κ2) is 9.75. The molecule has 1 fully saturated rings. The minimum absolute atomic E-state index is 0. The van der Waals surface area contributed by atoms with Gasteiger partial charge in [-0.25, -0.2) is 0 Å². The molecule has 1 aromatic heterocycles. The minimum atomic E-state index is 0. The predicted molar refractivity (Wildman–Crippen MR) is 113 cm³/mol. The lowest BCUT2D eigenvalue weighted by atomic mass is 9.84. The smallest absolute Gasteiger partial charge is 0.193 e. The van der Waals surface area contributed by atoms with Crippen molar-refractivity contribution in [3.05, 3.63) is 18.0 Å². The molecule has 0 bridgehead atoms. The molecule has 1 aromatic rings. The fourth-order valence-electron chi connectivity index (χ4n) is 3.48. The van der Waals surface area contributed by atoms with Crippen molar-refractivity contribution in [1.82, 2.24) is 20.0 Å². The Kier molecular flexibility index (Phi) is 8.67. The quantitative estimate of drug-likeness (QED) is 0.415. The summed E-state index contributed by atoms with van der Waals surface area (Å²) in [7, 11) is 3.79. The van der Waals surface area contributed by atoms with Crippen LogP contribution in [-0.4, -0.2) is 53.9 Å². The highest BCUT2D eigenvalue weighted by atomic mass is 127. The van der Waals surface area contributed by atoms with E-state index in [1.165, 1.54) is 6.42 Å². The van der Waals surface area contributed by atoms with Crippen molar-refractivity contribution in [1.29, 1.82) is 0 Å². The second-order valence-electron chi connectivity index (χ2n) is 7.92. The number of nitrogens with one attached hydrogen (secondary N) is 1. The summed E-state index contributed by atoms with van der Waals surface area (Å²) in [5.74, 6) is 1.66. The summed E-state index contributed by atoms with van der Waals surface area (Å²) in [6.45, 7) is 12.5. The van der Waals surface area contributed by atoms with Crippen LogP contribution in [0.25, 0.3) is 0 Å². The molecule has 1 saturated heterocycles. The van der Waals surface area contributed by atoms with Gasteiger partial charge in [0.05, 0.1) is 19.3 Å². The number of nitrogens with zero attached hydrogens (tertiary/aromatic N) is 4. The maximum Gasteiger partial charge on any atom is 0.193 e. The maximum atomic E-state index is 5.92. The van der Waals surface area contributed by atoms with Crippen LogP contribution in [0.5, 0.6) is 0 Å². The number of hydrogen-bond donors (Lipinski definition) is 1. The zero-order valence-corrected chi connectivity index (χ0v) is 18.8. The molecule has 6 nitrogen and oxygen atoms in total. The Hall–Kier alpha value is -0.830. The Morgan fingerprint density at radius 3 is 2.76 bits per heavy atom. The molecule has 0 amide bonds. The number of hydrogen-bond acceptors (Lipinski definition) is 3. The fraction of sp³-hybridized carbons (Fsp3) is 0.778. The molecule has 0 aromatic carbocycles. The summed E-state index contributed by atoms with van der Waals surface area (Å²) in [4.78, 5) is 6.77. The summed E-state index contributed by atoms with van der Waals surface area (Å²) < 4.78 is 7.74. The van der Waals surface area contributed by atoms with Gasteiger partial charge >= 0.3 is 0 Å². The molecule has 0 aliphatic carbocycles. The van der Waals surface area contributed by atoms with Crippen LogP contribution >= 0.6 is 24.0 Å². The van der Waals surface area contributed by atoms with Crippen LogP contribution < -0.4 is 5.32 Å². The molecule has 25 heavy (non-hydrogen) atoms. The van der Waals surface area contributed by atoms with Gasteiger partial charge in [0, 0.05) is 38.9 Å². The van der Waals surface area contributed by atoms with Crippen molar-refractivity contribution in [2.24, 2.45) is 23.4 Å². The average Bonchev–Trinajstić information content (AvgIpc) is 2.93. The van der Waals surface area contributed by atoms with E-state index < -0.39 is 0 Å². The standard InChI is InChI=1S/C18H33N5O.HI/c1-14(2)9-18(3,4)13-20-17(19-5)23-7-8-24-16(12-23)15-10-21-22(6)11-15;/h10-11,14,16H,7-9,12-13H2,1-6H3,(H,19,20);1H. The van der Waals surface area contributed by atoms with Crippen LogP contribution in [0.3, 0.4) is 0 Å². The minimum Gasteiger partial charge on any atom is -0.370 e. The Balaban J connectivity index is 0.00000312. The lowest BCUT2D eigenvalue weighted by Crippen LogP contribution is -2.50. The SMILES string of the molecule is CN=C(NCC(C)(C)CC(C)C)N1CCOC(c2cnn(C)c2)C1.I. The van der Waals surface area contributed by atoms with Gasteiger partial charge in [-0.05, 0) is 17.8 Å². The van der Waals surface area contributed by atoms with Crippen LogP contribution in [0.15, 0.2) is 17.4 Å². The first kappa shape index (κ1) is 22.2. The Morgan fingerprint density at radius 1 is 1.48 bits per heavy atom. The fourth-order valence-corrected chi connectivity index (χ4v) is 3.48. The molecular weight excluding hydrogens is 429 g/mol. The van der Waals surface area contributed by atoms with E-state index in [2.05, 4.69) is 48.0 Å². The first-order valence-corrected chi connectivity index (χ1v) is 8.86. The Bertz CT molecular complexity index is 555. The summed E-state index contributed by atoms with van der Waals surface area (Å²) in [6, 6.07) is 0. The van der Waals surface area contributed by atoms with E-state index in [4.69, 9.17) is 4.74 Å². The number of morpholine rings is 1. The van der Waals surface area contributed by atoms with Gasteiger partial charge in [0.2, 0.25) is 0 Å². The number of aromatic nitrogens is 2. The van der Waals surface area contributed by atoms with E-state index >= 15 is 0 Å². The molecule has 2 rings (SSSR count). The van der Waals surface area contributed by atoms with Crippen molar-refractivity contribution < 1.29 is 4.74 Å². The van der Waals surface area contributed by atoms with Crippen molar-refractivity contribution in [3.8, 4) is 0 Å². The Morgan fingerprint density at radius 2 is 2.20 bits per heavy atom. The van der Waals surface area contributed by atoms with Gasteiger partial charge in [0.25, 0.3) is 0 Å². The molecular formula is C18H34IN5O. The second-order valence-corrected chi connectivity index (χ2v) is 7.92. The van der Waals surface area contributed by atoms with Crippen molar-refractivity contribution >= 4 is 29.9 Å². The molecule has 1 atom stereocenters. The van der Waals surface area contributed by atoms with Crippen LogP contribution in [0.4, 0.5) is 0 Å². The third-order valence-electron chi connectivity index (χ3n) is 4.36. The third-order valence-corrected chi connectivity index (χ3v) is 4.36. The topological polar surface area (TPSA) is 54.7 Å². The molecule has 1 aliphatic rings. The van der Waals surface area contributed by atoms with E-state index in [1.54, 1.807) is 0 Å². The van der Waals surface area contributed by atoms with E-state index in [-0.39, 0.29) is 35.5 Å². The maximum absolute atomic E-state index is 5.92. The number of rotatable bonds is 5. The number of guanidine groups is 1. The number of halogens is 1. The summed E-state index contributed by atoms with van der Waals surface area (Å²) in [5.41, 5.74) is 1.37. The van der Waals surface area contributed by atoms with Gasteiger partial charge < -0.3 is 15.0 Å². The first-order chi connectivity index (χ1) is 11.3. The molecule has 0 radical (unpaired) electrons. The van der Waals surface area contributed by atoms with E-state index in [0.29, 0.717) is 12.5 Å².